The van der Waals surface area contributed by atoms with Gasteiger partial charge in [0.2, 0.25) is 0 Å². The Bertz CT molecular complexity index is 339. The van der Waals surface area contributed by atoms with Crippen molar-refractivity contribution < 1.29 is 9.53 Å². The van der Waals surface area contributed by atoms with Gasteiger partial charge in [0, 0.05) is 10.2 Å². The number of hydrogen-bond acceptors (Lipinski definition) is 3. The van der Waals surface area contributed by atoms with Gasteiger partial charge in [-0.2, -0.15) is 0 Å². The van der Waals surface area contributed by atoms with E-state index in [0.29, 0.717) is 12.3 Å². The Labute approximate surface area is 91.4 Å². The van der Waals surface area contributed by atoms with Crippen molar-refractivity contribution in [2.24, 2.45) is 0 Å². The average molecular weight is 258 g/mol. The van der Waals surface area contributed by atoms with Crippen LogP contribution in [0.5, 0.6) is 0 Å². The van der Waals surface area contributed by atoms with Gasteiger partial charge in [0.05, 0.1) is 13.0 Å². The number of nitrogen functional groups attached to an aromatic ring is 1. The van der Waals surface area contributed by atoms with E-state index < -0.39 is 0 Å². The normalized spacial score (nSPS) is 9.86. The molecule has 76 valence electrons. The summed E-state index contributed by atoms with van der Waals surface area (Å²) in [6.07, 6.45) is 0.249. The lowest BCUT2D eigenvalue weighted by molar-refractivity contribution is -0.142. The molecule has 0 spiro atoms. The number of carbonyl (C=O) groups excluding carboxylic acids is 1. The number of anilines is 1. The van der Waals surface area contributed by atoms with Crippen molar-refractivity contribution >= 4 is 27.6 Å². The Morgan fingerprint density at radius 1 is 1.57 bits per heavy atom. The zero-order valence-electron chi connectivity index (χ0n) is 7.92. The van der Waals surface area contributed by atoms with Crippen molar-refractivity contribution in [1.82, 2.24) is 0 Å². The molecule has 0 fully saturated rings. The van der Waals surface area contributed by atoms with Crippen LogP contribution in [0.3, 0.4) is 0 Å². The summed E-state index contributed by atoms with van der Waals surface area (Å²) in [6, 6.07) is 5.44. The Morgan fingerprint density at radius 3 is 2.93 bits per heavy atom. The second-order valence-corrected chi connectivity index (χ2v) is 3.60. The maximum absolute atomic E-state index is 11.2. The molecule has 1 aromatic carbocycles. The van der Waals surface area contributed by atoms with Crippen LogP contribution in [0.1, 0.15) is 12.5 Å². The molecule has 0 atom stereocenters. The van der Waals surface area contributed by atoms with E-state index in [1.807, 2.05) is 12.1 Å². The van der Waals surface area contributed by atoms with Crippen LogP contribution in [0.25, 0.3) is 0 Å². The van der Waals surface area contributed by atoms with E-state index in [2.05, 4.69) is 15.9 Å². The highest BCUT2D eigenvalue weighted by atomic mass is 79.9. The van der Waals surface area contributed by atoms with E-state index >= 15 is 0 Å². The third-order valence-corrected chi connectivity index (χ3v) is 2.72. The molecule has 0 radical (unpaired) electrons. The van der Waals surface area contributed by atoms with Crippen LogP contribution in [0.4, 0.5) is 5.69 Å². The van der Waals surface area contributed by atoms with E-state index in [0.717, 1.165) is 10.0 Å². The molecule has 0 aliphatic rings. The van der Waals surface area contributed by atoms with Gasteiger partial charge in [-0.1, -0.05) is 12.1 Å². The molecule has 0 heterocycles. The van der Waals surface area contributed by atoms with Crippen molar-refractivity contribution in [3.05, 3.63) is 28.2 Å². The van der Waals surface area contributed by atoms with Crippen molar-refractivity contribution in [3.8, 4) is 0 Å². The van der Waals surface area contributed by atoms with Gasteiger partial charge < -0.3 is 10.5 Å². The van der Waals surface area contributed by atoms with Crippen LogP contribution < -0.4 is 5.73 Å². The summed E-state index contributed by atoms with van der Waals surface area (Å²) in [5, 5.41) is 0. The molecule has 0 aromatic heterocycles. The summed E-state index contributed by atoms with van der Waals surface area (Å²) in [4.78, 5) is 11.2. The van der Waals surface area contributed by atoms with E-state index in [1.165, 1.54) is 0 Å². The number of esters is 1. The molecule has 1 aromatic rings. The Morgan fingerprint density at radius 2 is 2.29 bits per heavy atom. The molecule has 4 heteroatoms. The third kappa shape index (κ3) is 2.73. The van der Waals surface area contributed by atoms with Gasteiger partial charge in [0.15, 0.2) is 0 Å². The van der Waals surface area contributed by atoms with Gasteiger partial charge in [0.1, 0.15) is 0 Å². The highest BCUT2D eigenvalue weighted by molar-refractivity contribution is 9.10. The minimum Gasteiger partial charge on any atom is -0.466 e. The lowest BCUT2D eigenvalue weighted by Gasteiger charge is -2.06. The zero-order chi connectivity index (χ0) is 10.6. The van der Waals surface area contributed by atoms with E-state index in [9.17, 15) is 4.79 Å². The molecule has 3 nitrogen and oxygen atoms in total. The van der Waals surface area contributed by atoms with E-state index in [4.69, 9.17) is 10.5 Å². The van der Waals surface area contributed by atoms with Crippen molar-refractivity contribution in [1.29, 1.82) is 0 Å². The monoisotopic (exact) mass is 257 g/mol. The Kier molecular flexibility index (Phi) is 3.95. The summed E-state index contributed by atoms with van der Waals surface area (Å²) in [5.74, 6) is -0.237. The second kappa shape index (κ2) is 5.00. The second-order valence-electron chi connectivity index (χ2n) is 2.80. The number of benzene rings is 1. The smallest absolute Gasteiger partial charge is 0.310 e. The number of hydrogen-bond donors (Lipinski definition) is 1. The number of carbonyl (C=O) groups is 1. The van der Waals surface area contributed by atoms with Gasteiger partial charge in [-0.25, -0.2) is 0 Å². The van der Waals surface area contributed by atoms with Gasteiger partial charge >= 0.3 is 5.97 Å². The molecule has 14 heavy (non-hydrogen) atoms. The topological polar surface area (TPSA) is 52.3 Å². The number of ether oxygens (including phenoxy) is 1. The quantitative estimate of drug-likeness (QED) is 0.667. The summed E-state index contributed by atoms with van der Waals surface area (Å²) in [6.45, 7) is 2.19. The van der Waals surface area contributed by atoms with Gasteiger partial charge in [0.25, 0.3) is 0 Å². The number of rotatable bonds is 3. The highest BCUT2D eigenvalue weighted by Crippen LogP contribution is 2.24. The molecular weight excluding hydrogens is 246 g/mol. The maximum Gasteiger partial charge on any atom is 0.310 e. The van der Waals surface area contributed by atoms with Crippen LogP contribution in [0.2, 0.25) is 0 Å². The first-order chi connectivity index (χ1) is 6.65. The number of nitrogens with two attached hydrogens (primary N) is 1. The third-order valence-electron chi connectivity index (χ3n) is 1.75. The molecule has 2 N–H and O–H groups in total. The first-order valence-electron chi connectivity index (χ1n) is 4.33. The summed E-state index contributed by atoms with van der Waals surface area (Å²) in [7, 11) is 0. The minimum absolute atomic E-state index is 0.237. The first kappa shape index (κ1) is 11.0. The number of halogens is 1. The standard InChI is InChI=1S/C10H12BrNO2/c1-2-14-9(13)6-7-4-3-5-8(12)10(7)11/h3-5H,2,6,12H2,1H3. The van der Waals surface area contributed by atoms with Gasteiger partial charge in [-0.15, -0.1) is 0 Å². The SMILES string of the molecule is CCOC(=O)Cc1cccc(N)c1Br. The fraction of sp³-hybridized carbons (Fsp3) is 0.300. The van der Waals surface area contributed by atoms with Crippen molar-refractivity contribution in [3.63, 3.8) is 0 Å². The van der Waals surface area contributed by atoms with Crippen LogP contribution in [0.15, 0.2) is 22.7 Å². The summed E-state index contributed by atoms with van der Waals surface area (Å²) in [5.41, 5.74) is 7.15. The van der Waals surface area contributed by atoms with E-state index in [1.54, 1.807) is 13.0 Å². The zero-order valence-corrected chi connectivity index (χ0v) is 9.50. The highest BCUT2D eigenvalue weighted by Gasteiger charge is 2.08. The molecule has 0 unspecified atom stereocenters. The maximum atomic E-state index is 11.2. The molecule has 0 saturated heterocycles. The molecular formula is C10H12BrNO2. The fourth-order valence-electron chi connectivity index (χ4n) is 1.10. The molecule has 0 aliphatic heterocycles. The predicted molar refractivity (Wildman–Crippen MR) is 58.9 cm³/mol. The molecule has 0 bridgehead atoms. The lowest BCUT2D eigenvalue weighted by Crippen LogP contribution is -2.08. The largest absolute Gasteiger partial charge is 0.466 e. The van der Waals surface area contributed by atoms with Crippen LogP contribution in [-0.2, 0) is 16.0 Å². The Hall–Kier alpha value is -1.03. The summed E-state index contributed by atoms with van der Waals surface area (Å²) < 4.78 is 5.61. The molecule has 1 rings (SSSR count). The van der Waals surface area contributed by atoms with Crippen molar-refractivity contribution in [2.45, 2.75) is 13.3 Å². The van der Waals surface area contributed by atoms with Crippen molar-refractivity contribution in [2.75, 3.05) is 12.3 Å². The minimum atomic E-state index is -0.237. The van der Waals surface area contributed by atoms with Crippen LogP contribution in [0, 0.1) is 0 Å². The van der Waals surface area contributed by atoms with Crippen LogP contribution >= 0.6 is 15.9 Å². The molecule has 0 saturated carbocycles. The molecule has 0 amide bonds. The van der Waals surface area contributed by atoms with E-state index in [-0.39, 0.29) is 12.4 Å². The predicted octanol–water partition coefficient (Wildman–Crippen LogP) is 2.14. The van der Waals surface area contributed by atoms with Crippen LogP contribution in [-0.4, -0.2) is 12.6 Å². The van der Waals surface area contributed by atoms with Gasteiger partial charge in [-0.3, -0.25) is 4.79 Å². The average Bonchev–Trinajstić information content (AvgIpc) is 2.13. The molecule has 0 aliphatic carbocycles. The summed E-state index contributed by atoms with van der Waals surface area (Å²) >= 11 is 3.33. The lowest BCUT2D eigenvalue weighted by atomic mass is 10.1. The first-order valence-corrected chi connectivity index (χ1v) is 5.13. The van der Waals surface area contributed by atoms with Gasteiger partial charge in [-0.05, 0) is 34.5 Å². The Balaban J connectivity index is 2.76. The fourth-order valence-corrected chi connectivity index (χ4v) is 1.51.